The Bertz CT molecular complexity index is 1160. The van der Waals surface area contributed by atoms with Crippen molar-refractivity contribution in [1.82, 2.24) is 4.90 Å². The molecule has 5 nitrogen and oxygen atoms in total. The van der Waals surface area contributed by atoms with Crippen molar-refractivity contribution in [2.45, 2.75) is 46.3 Å². The number of likely N-dealkylation sites (tertiary alicyclic amines) is 1. The Hall–Kier alpha value is -3.44. The van der Waals surface area contributed by atoms with Crippen LogP contribution in [0.25, 0.3) is 11.1 Å². The van der Waals surface area contributed by atoms with Crippen LogP contribution in [0.1, 0.15) is 56.9 Å². The van der Waals surface area contributed by atoms with Crippen molar-refractivity contribution in [1.29, 1.82) is 0 Å². The first kappa shape index (κ1) is 24.7. The van der Waals surface area contributed by atoms with Crippen LogP contribution in [0.4, 0.5) is 0 Å². The van der Waals surface area contributed by atoms with Gasteiger partial charge < -0.3 is 19.7 Å². The monoisotopic (exact) mass is 473 g/mol. The van der Waals surface area contributed by atoms with Gasteiger partial charge in [-0.1, -0.05) is 45.0 Å². The number of phenolic OH excluding ortho intramolecular Hbond substituents is 2. The molecule has 1 fully saturated rings. The molecule has 1 saturated heterocycles. The number of hydrogen-bond donors (Lipinski definition) is 2. The third-order valence-corrected chi connectivity index (χ3v) is 6.41. The molecular formula is C30H35NO4. The maximum absolute atomic E-state index is 10.0. The molecule has 0 spiro atoms. The van der Waals surface area contributed by atoms with Crippen LogP contribution in [-0.2, 0) is 0 Å². The number of benzene rings is 3. The number of nitrogens with zero attached hydrogens (tertiary/aromatic N) is 1. The van der Waals surface area contributed by atoms with Crippen LogP contribution >= 0.6 is 0 Å². The van der Waals surface area contributed by atoms with Gasteiger partial charge in [0.2, 0.25) is 0 Å². The van der Waals surface area contributed by atoms with Crippen molar-refractivity contribution in [3.63, 3.8) is 0 Å². The highest BCUT2D eigenvalue weighted by atomic mass is 16.5. The van der Waals surface area contributed by atoms with Crippen LogP contribution in [0.2, 0.25) is 0 Å². The van der Waals surface area contributed by atoms with Crippen LogP contribution in [0, 0.1) is 0 Å². The number of allylic oxidation sites excluding steroid dienone is 1. The fourth-order valence-corrected chi connectivity index (χ4v) is 4.70. The summed E-state index contributed by atoms with van der Waals surface area (Å²) in [5, 5.41) is 19.8. The number of fused-ring (bicyclic) bond motifs is 1. The van der Waals surface area contributed by atoms with E-state index in [-0.39, 0.29) is 23.7 Å². The largest absolute Gasteiger partial charge is 0.508 e. The van der Waals surface area contributed by atoms with Crippen molar-refractivity contribution in [2.75, 3.05) is 19.6 Å². The molecule has 5 heteroatoms. The summed E-state index contributed by atoms with van der Waals surface area (Å²) in [6, 6.07) is 20.5. The van der Waals surface area contributed by atoms with Crippen molar-refractivity contribution in [3.8, 4) is 23.0 Å². The Morgan fingerprint density at radius 3 is 2.23 bits per heavy atom. The van der Waals surface area contributed by atoms with Crippen molar-refractivity contribution < 1.29 is 19.7 Å². The average Bonchev–Trinajstić information content (AvgIpc) is 2.85. The van der Waals surface area contributed by atoms with E-state index >= 15 is 0 Å². The fourth-order valence-electron chi connectivity index (χ4n) is 4.70. The van der Waals surface area contributed by atoms with E-state index in [1.165, 1.54) is 6.42 Å². The summed E-state index contributed by atoms with van der Waals surface area (Å²) < 4.78 is 12.6. The smallest absolute Gasteiger partial charge is 0.150 e. The molecule has 0 amide bonds. The lowest BCUT2D eigenvalue weighted by molar-refractivity contribution is 0.0202. The van der Waals surface area contributed by atoms with Crippen LogP contribution < -0.4 is 9.47 Å². The third-order valence-electron chi connectivity index (χ3n) is 6.41. The fraction of sp³-hybridized carbons (Fsp3) is 0.333. The minimum absolute atomic E-state index is 0.176. The standard InChI is InChI=1S/C28H29NO4.C2H6/c1-3-14-29-16-24(17-29)32-23-11-6-20(7-12-23)28-27(19-4-8-21(30)9-5-19)18(2)25-13-10-22(31)15-26(25)33-28;1-2/h4-13,15,24,28,30-31H,3,14,16-17H2,1-2H3;1-2H3. The second-order valence-electron chi connectivity index (χ2n) is 8.83. The summed E-state index contributed by atoms with van der Waals surface area (Å²) in [6.45, 7) is 11.4. The number of aromatic hydroxyl groups is 2. The highest BCUT2D eigenvalue weighted by Gasteiger charge is 2.30. The molecule has 35 heavy (non-hydrogen) atoms. The van der Waals surface area contributed by atoms with Crippen LogP contribution in [0.15, 0.2) is 66.7 Å². The van der Waals surface area contributed by atoms with E-state index in [9.17, 15) is 10.2 Å². The zero-order valence-electron chi connectivity index (χ0n) is 21.0. The van der Waals surface area contributed by atoms with E-state index in [1.54, 1.807) is 24.3 Å². The molecule has 0 aromatic heterocycles. The third kappa shape index (κ3) is 5.30. The minimum atomic E-state index is -0.346. The first-order chi connectivity index (χ1) is 17.0. The van der Waals surface area contributed by atoms with Crippen molar-refractivity contribution in [2.24, 2.45) is 0 Å². The molecular weight excluding hydrogens is 438 g/mol. The quantitative estimate of drug-likeness (QED) is 0.419. The second-order valence-corrected chi connectivity index (χ2v) is 8.83. The molecule has 2 aliphatic heterocycles. The molecule has 0 bridgehead atoms. The SMILES string of the molecule is CC.CCCN1CC(Oc2ccc(C3Oc4cc(O)ccc4C(C)=C3c3ccc(O)cc3)cc2)C1. The lowest BCUT2D eigenvalue weighted by Gasteiger charge is -2.38. The number of ether oxygens (including phenoxy) is 2. The van der Waals surface area contributed by atoms with E-state index in [0.717, 1.165) is 53.2 Å². The Labute approximate surface area is 208 Å². The lowest BCUT2D eigenvalue weighted by Crippen LogP contribution is -2.53. The summed E-state index contributed by atoms with van der Waals surface area (Å²) in [6.07, 6.45) is 1.07. The number of rotatable bonds is 6. The molecule has 2 heterocycles. The van der Waals surface area contributed by atoms with Crippen LogP contribution in [0.5, 0.6) is 23.0 Å². The maximum atomic E-state index is 10.0. The average molecular weight is 474 g/mol. The molecule has 5 rings (SSSR count). The predicted molar refractivity (Wildman–Crippen MR) is 141 cm³/mol. The number of hydrogen-bond acceptors (Lipinski definition) is 5. The van der Waals surface area contributed by atoms with Gasteiger partial charge in [-0.05, 0) is 73.0 Å². The van der Waals surface area contributed by atoms with E-state index < -0.39 is 0 Å². The van der Waals surface area contributed by atoms with Gasteiger partial charge in [0.05, 0.1) is 0 Å². The summed E-state index contributed by atoms with van der Waals surface area (Å²) in [4.78, 5) is 2.40. The number of phenols is 2. The van der Waals surface area contributed by atoms with Gasteiger partial charge in [0.1, 0.15) is 35.2 Å². The Balaban J connectivity index is 0.00000141. The molecule has 0 aliphatic carbocycles. The molecule has 3 aromatic carbocycles. The highest BCUT2D eigenvalue weighted by Crippen LogP contribution is 2.47. The van der Waals surface area contributed by atoms with Gasteiger partial charge >= 0.3 is 0 Å². The normalized spacial score (nSPS) is 17.5. The molecule has 0 radical (unpaired) electrons. The maximum Gasteiger partial charge on any atom is 0.150 e. The molecule has 184 valence electrons. The molecule has 0 saturated carbocycles. The molecule has 1 unspecified atom stereocenters. The minimum Gasteiger partial charge on any atom is -0.508 e. The van der Waals surface area contributed by atoms with Gasteiger partial charge in [-0.25, -0.2) is 0 Å². The van der Waals surface area contributed by atoms with Gasteiger partial charge in [-0.2, -0.15) is 0 Å². The summed E-state index contributed by atoms with van der Waals surface area (Å²) in [5.41, 5.74) is 5.06. The molecule has 2 aliphatic rings. The predicted octanol–water partition coefficient (Wildman–Crippen LogP) is 6.66. The van der Waals surface area contributed by atoms with Gasteiger partial charge in [-0.15, -0.1) is 0 Å². The van der Waals surface area contributed by atoms with Gasteiger partial charge in [0.15, 0.2) is 0 Å². The summed E-state index contributed by atoms with van der Waals surface area (Å²) >= 11 is 0. The molecule has 2 N–H and O–H groups in total. The van der Waals surface area contributed by atoms with Gasteiger partial charge in [-0.3, -0.25) is 4.90 Å². The van der Waals surface area contributed by atoms with E-state index in [4.69, 9.17) is 9.47 Å². The Morgan fingerprint density at radius 1 is 0.914 bits per heavy atom. The van der Waals surface area contributed by atoms with Crippen LogP contribution in [0.3, 0.4) is 0 Å². The first-order valence-corrected chi connectivity index (χ1v) is 12.5. The summed E-state index contributed by atoms with van der Waals surface area (Å²) in [7, 11) is 0. The van der Waals surface area contributed by atoms with Gasteiger partial charge in [0.25, 0.3) is 0 Å². The van der Waals surface area contributed by atoms with Crippen molar-refractivity contribution in [3.05, 3.63) is 83.4 Å². The van der Waals surface area contributed by atoms with Gasteiger partial charge in [0, 0.05) is 30.3 Å². The van der Waals surface area contributed by atoms with Crippen LogP contribution in [-0.4, -0.2) is 40.9 Å². The van der Waals surface area contributed by atoms with E-state index in [2.05, 4.69) is 18.7 Å². The molecule has 3 aromatic rings. The Kier molecular flexibility index (Phi) is 7.67. The first-order valence-electron chi connectivity index (χ1n) is 12.5. The van der Waals surface area contributed by atoms with E-state index in [1.807, 2.05) is 56.3 Å². The highest BCUT2D eigenvalue weighted by molar-refractivity contribution is 5.95. The van der Waals surface area contributed by atoms with E-state index in [0.29, 0.717) is 5.75 Å². The topological polar surface area (TPSA) is 62.2 Å². The Morgan fingerprint density at radius 2 is 1.57 bits per heavy atom. The second kappa shape index (κ2) is 10.9. The summed E-state index contributed by atoms with van der Waals surface area (Å²) in [5.74, 6) is 1.92. The zero-order valence-corrected chi connectivity index (χ0v) is 21.0. The zero-order chi connectivity index (χ0) is 24.9. The molecule has 1 atom stereocenters. The lowest BCUT2D eigenvalue weighted by atomic mass is 9.86. The van der Waals surface area contributed by atoms with Crippen molar-refractivity contribution >= 4 is 11.1 Å².